The molecule has 4 aromatic carbocycles. The van der Waals surface area contributed by atoms with Crippen LogP contribution in [-0.2, 0) is 12.8 Å². The Morgan fingerprint density at radius 3 is 1.33 bits per heavy atom. The van der Waals surface area contributed by atoms with Crippen LogP contribution in [0.1, 0.15) is 25.0 Å². The Bertz CT molecular complexity index is 1270. The van der Waals surface area contributed by atoms with Gasteiger partial charge in [0.25, 0.3) is 0 Å². The lowest BCUT2D eigenvalue weighted by Gasteiger charge is -2.12. The second kappa shape index (κ2) is 12.2. The molecule has 36 heavy (non-hydrogen) atoms. The third kappa shape index (κ3) is 6.70. The minimum Gasteiger partial charge on any atom is -0.394 e. The molecule has 0 saturated carbocycles. The van der Waals surface area contributed by atoms with E-state index in [0.717, 1.165) is 22.5 Å². The number of ether oxygens (including phenoxy) is 2. The molecule has 0 saturated heterocycles. The molecule has 0 aromatic heterocycles. The van der Waals surface area contributed by atoms with Gasteiger partial charge < -0.3 is 9.47 Å². The van der Waals surface area contributed by atoms with Crippen LogP contribution in [0.4, 0.5) is 27.5 Å². The second-order valence-corrected chi connectivity index (χ2v) is 7.82. The van der Waals surface area contributed by atoms with Gasteiger partial charge in [0.15, 0.2) is 0 Å². The van der Waals surface area contributed by atoms with Gasteiger partial charge in [-0.25, -0.2) is 4.79 Å². The van der Waals surface area contributed by atoms with Crippen LogP contribution < -0.4 is 9.47 Å². The van der Waals surface area contributed by atoms with Crippen LogP contribution in [0.25, 0.3) is 0 Å². The first-order valence-electron chi connectivity index (χ1n) is 11.7. The molecule has 0 atom stereocenters. The highest BCUT2D eigenvalue weighted by Gasteiger charge is 2.14. The molecule has 0 unspecified atom stereocenters. The smallest absolute Gasteiger partial charge is 0.394 e. The van der Waals surface area contributed by atoms with Gasteiger partial charge in [0.05, 0.1) is 22.7 Å². The van der Waals surface area contributed by atoms with E-state index in [4.69, 9.17) is 9.47 Å². The van der Waals surface area contributed by atoms with Crippen LogP contribution in [0.2, 0.25) is 0 Å². The zero-order chi connectivity index (χ0) is 25.2. The van der Waals surface area contributed by atoms with Crippen molar-refractivity contribution in [3.8, 4) is 11.5 Å². The fourth-order valence-electron chi connectivity index (χ4n) is 3.43. The standard InChI is InChI=1S/C29H26N4O3/c1-3-21-19-25(32-30-23-11-7-5-8-12-23)15-17-27(21)35-29(34)36-28-18-16-26(20-22(28)4-2)33-31-24-13-9-6-10-14-24/h5-20H,3-4H2,1-2H3/b32-30+,33-31+. The number of rotatable bonds is 8. The average molecular weight is 479 g/mol. The summed E-state index contributed by atoms with van der Waals surface area (Å²) in [6.45, 7) is 3.95. The predicted octanol–water partition coefficient (Wildman–Crippen LogP) is 9.22. The Morgan fingerprint density at radius 1 is 0.556 bits per heavy atom. The lowest BCUT2D eigenvalue weighted by atomic mass is 10.1. The van der Waals surface area contributed by atoms with Gasteiger partial charge in [0.2, 0.25) is 0 Å². The molecule has 0 N–H and O–H groups in total. The van der Waals surface area contributed by atoms with E-state index in [1.54, 1.807) is 24.3 Å². The van der Waals surface area contributed by atoms with Gasteiger partial charge in [0, 0.05) is 0 Å². The Hall–Kier alpha value is -4.65. The lowest BCUT2D eigenvalue weighted by molar-refractivity contribution is 0.151. The molecule has 0 spiro atoms. The fraction of sp³-hybridized carbons (Fsp3) is 0.138. The summed E-state index contributed by atoms with van der Waals surface area (Å²) in [7, 11) is 0. The molecular weight excluding hydrogens is 452 g/mol. The molecule has 0 aliphatic rings. The summed E-state index contributed by atoms with van der Waals surface area (Å²) >= 11 is 0. The number of benzene rings is 4. The monoisotopic (exact) mass is 478 g/mol. The largest absolute Gasteiger partial charge is 0.519 e. The van der Waals surface area contributed by atoms with Gasteiger partial charge >= 0.3 is 6.16 Å². The van der Waals surface area contributed by atoms with Gasteiger partial charge in [-0.2, -0.15) is 20.5 Å². The second-order valence-electron chi connectivity index (χ2n) is 7.82. The first-order valence-corrected chi connectivity index (χ1v) is 11.7. The highest BCUT2D eigenvalue weighted by Crippen LogP contribution is 2.29. The quantitative estimate of drug-likeness (QED) is 0.144. The molecule has 0 bridgehead atoms. The van der Waals surface area contributed by atoms with Gasteiger partial charge in [-0.05, 0) is 84.6 Å². The predicted molar refractivity (Wildman–Crippen MR) is 140 cm³/mol. The molecule has 0 fully saturated rings. The summed E-state index contributed by atoms with van der Waals surface area (Å²) in [5.74, 6) is 0.847. The van der Waals surface area contributed by atoms with Crippen molar-refractivity contribution in [3.63, 3.8) is 0 Å². The van der Waals surface area contributed by atoms with E-state index in [1.165, 1.54) is 0 Å². The van der Waals surface area contributed by atoms with Crippen molar-refractivity contribution in [3.05, 3.63) is 108 Å². The normalized spacial score (nSPS) is 11.2. The molecular formula is C29H26N4O3. The van der Waals surface area contributed by atoms with Crippen LogP contribution in [0.15, 0.2) is 118 Å². The molecule has 180 valence electrons. The number of carbonyl (C=O) groups excluding carboxylic acids is 1. The molecule has 0 aliphatic carbocycles. The van der Waals surface area contributed by atoms with Crippen LogP contribution >= 0.6 is 0 Å². The molecule has 0 radical (unpaired) electrons. The SMILES string of the molecule is CCc1cc(/N=N/c2ccccc2)ccc1OC(=O)Oc1ccc(/N=N/c2ccccc2)cc1CC. The third-order valence-electron chi connectivity index (χ3n) is 5.31. The Morgan fingerprint density at radius 2 is 0.944 bits per heavy atom. The number of hydrogen-bond acceptors (Lipinski definition) is 7. The van der Waals surface area contributed by atoms with Crippen molar-refractivity contribution in [2.75, 3.05) is 0 Å². The molecule has 0 aliphatic heterocycles. The lowest BCUT2D eigenvalue weighted by Crippen LogP contribution is -2.15. The topological polar surface area (TPSA) is 85.0 Å². The minimum absolute atomic E-state index is 0.424. The highest BCUT2D eigenvalue weighted by atomic mass is 16.7. The maximum absolute atomic E-state index is 12.6. The molecule has 4 rings (SSSR count). The summed E-state index contributed by atoms with van der Waals surface area (Å²) in [6.07, 6.45) is 0.494. The first-order chi connectivity index (χ1) is 17.6. The van der Waals surface area contributed by atoms with Crippen molar-refractivity contribution in [1.29, 1.82) is 0 Å². The number of aryl methyl sites for hydroxylation is 2. The van der Waals surface area contributed by atoms with E-state index in [1.807, 2.05) is 86.6 Å². The summed E-state index contributed by atoms with van der Waals surface area (Å²) < 4.78 is 11.0. The molecule has 7 nitrogen and oxygen atoms in total. The van der Waals surface area contributed by atoms with Crippen molar-refractivity contribution in [1.82, 2.24) is 0 Å². The molecule has 0 amide bonds. The van der Waals surface area contributed by atoms with Crippen molar-refractivity contribution < 1.29 is 14.3 Å². The van der Waals surface area contributed by atoms with E-state index in [9.17, 15) is 4.79 Å². The third-order valence-corrected chi connectivity index (χ3v) is 5.31. The van der Waals surface area contributed by atoms with Crippen molar-refractivity contribution in [2.45, 2.75) is 26.7 Å². The maximum Gasteiger partial charge on any atom is 0.519 e. The van der Waals surface area contributed by atoms with Crippen LogP contribution in [0.5, 0.6) is 11.5 Å². The van der Waals surface area contributed by atoms with E-state index in [0.29, 0.717) is 35.7 Å². The zero-order valence-electron chi connectivity index (χ0n) is 20.2. The van der Waals surface area contributed by atoms with Crippen molar-refractivity contribution >= 4 is 28.9 Å². The summed E-state index contributed by atoms with van der Waals surface area (Å²) in [5, 5.41) is 17.0. The number of nitrogens with zero attached hydrogens (tertiary/aromatic N) is 4. The van der Waals surface area contributed by atoms with E-state index in [-0.39, 0.29) is 0 Å². The summed E-state index contributed by atoms with van der Waals surface area (Å²) in [4.78, 5) is 12.6. The zero-order valence-corrected chi connectivity index (χ0v) is 20.2. The molecule has 4 aromatic rings. The van der Waals surface area contributed by atoms with Crippen LogP contribution in [0.3, 0.4) is 0 Å². The van der Waals surface area contributed by atoms with E-state index < -0.39 is 6.16 Å². The maximum atomic E-state index is 12.6. The minimum atomic E-state index is -0.809. The van der Waals surface area contributed by atoms with Crippen LogP contribution in [0, 0.1) is 0 Å². The van der Waals surface area contributed by atoms with Crippen LogP contribution in [-0.4, -0.2) is 6.16 Å². The van der Waals surface area contributed by atoms with Gasteiger partial charge in [0.1, 0.15) is 11.5 Å². The number of azo groups is 2. The highest BCUT2D eigenvalue weighted by molar-refractivity contribution is 5.69. The fourth-order valence-corrected chi connectivity index (χ4v) is 3.43. The van der Waals surface area contributed by atoms with E-state index >= 15 is 0 Å². The summed E-state index contributed by atoms with van der Waals surface area (Å²) in [6, 6.07) is 29.6. The number of carbonyl (C=O) groups is 1. The molecule has 7 heteroatoms. The number of hydrogen-bond donors (Lipinski definition) is 0. The van der Waals surface area contributed by atoms with E-state index in [2.05, 4.69) is 20.5 Å². The average Bonchev–Trinajstić information content (AvgIpc) is 2.93. The van der Waals surface area contributed by atoms with Gasteiger partial charge in [-0.1, -0.05) is 50.2 Å². The van der Waals surface area contributed by atoms with Gasteiger partial charge in [-0.15, -0.1) is 0 Å². The first kappa shape index (κ1) is 24.5. The van der Waals surface area contributed by atoms with Gasteiger partial charge in [-0.3, -0.25) is 0 Å². The Labute approximate surface area is 210 Å². The Balaban J connectivity index is 1.43. The van der Waals surface area contributed by atoms with Crippen molar-refractivity contribution in [2.24, 2.45) is 20.5 Å². The Kier molecular flexibility index (Phi) is 8.27. The molecule has 0 heterocycles. The summed E-state index contributed by atoms with van der Waals surface area (Å²) in [5.41, 5.74) is 4.51.